The third-order valence-corrected chi connectivity index (χ3v) is 4.90. The molecule has 128 valence electrons. The van der Waals surface area contributed by atoms with E-state index >= 15 is 0 Å². The van der Waals surface area contributed by atoms with Crippen LogP contribution in [0.15, 0.2) is 42.6 Å². The van der Waals surface area contributed by atoms with Crippen molar-refractivity contribution >= 4 is 22.6 Å². The molecule has 0 aliphatic carbocycles. The average molecular weight is 335 g/mol. The number of pyridine rings is 1. The molecule has 2 aromatic heterocycles. The van der Waals surface area contributed by atoms with Crippen molar-refractivity contribution in [2.75, 3.05) is 18.8 Å². The molecule has 0 bridgehead atoms. The monoisotopic (exact) mass is 335 g/mol. The molecule has 3 heterocycles. The summed E-state index contributed by atoms with van der Waals surface area (Å²) >= 11 is 0. The van der Waals surface area contributed by atoms with E-state index in [1.54, 1.807) is 6.20 Å². The predicted octanol–water partition coefficient (Wildman–Crippen LogP) is 2.64. The Morgan fingerprint density at radius 2 is 2.00 bits per heavy atom. The summed E-state index contributed by atoms with van der Waals surface area (Å²) < 4.78 is 0. The lowest BCUT2D eigenvalue weighted by Crippen LogP contribution is -2.39. The van der Waals surface area contributed by atoms with E-state index in [0.29, 0.717) is 11.7 Å². The second kappa shape index (κ2) is 6.55. The van der Waals surface area contributed by atoms with E-state index in [9.17, 15) is 4.79 Å². The topological polar surface area (TPSA) is 87.9 Å². The number of aromatic nitrogens is 3. The quantitative estimate of drug-likeness (QED) is 0.770. The number of anilines is 1. The van der Waals surface area contributed by atoms with Gasteiger partial charge >= 0.3 is 0 Å². The number of nitrogen functional groups attached to an aromatic ring is 1. The van der Waals surface area contributed by atoms with E-state index in [1.807, 2.05) is 41.3 Å². The zero-order chi connectivity index (χ0) is 17.2. The molecule has 0 saturated carbocycles. The minimum absolute atomic E-state index is 0.0213. The van der Waals surface area contributed by atoms with Gasteiger partial charge in [0.15, 0.2) is 5.82 Å². The number of hydrogen-bond acceptors (Lipinski definition) is 4. The van der Waals surface area contributed by atoms with E-state index in [0.717, 1.165) is 54.8 Å². The number of likely N-dealkylation sites (tertiary alicyclic amines) is 1. The number of nitrogens with one attached hydrogen (secondary N) is 1. The Kier molecular flexibility index (Phi) is 4.09. The van der Waals surface area contributed by atoms with Crippen molar-refractivity contribution in [2.24, 2.45) is 5.92 Å². The summed E-state index contributed by atoms with van der Waals surface area (Å²) in [5.74, 6) is 0.914. The van der Waals surface area contributed by atoms with Crippen LogP contribution in [0.1, 0.15) is 29.2 Å². The molecule has 25 heavy (non-hydrogen) atoms. The number of carbonyl (C=O) groups is 1. The van der Waals surface area contributed by atoms with Crippen LogP contribution in [0.25, 0.3) is 11.0 Å². The first kappa shape index (κ1) is 15.6. The van der Waals surface area contributed by atoms with E-state index in [-0.39, 0.29) is 5.91 Å². The number of piperidine rings is 1. The van der Waals surface area contributed by atoms with E-state index in [4.69, 9.17) is 5.73 Å². The van der Waals surface area contributed by atoms with Gasteiger partial charge in [-0.25, -0.2) is 4.98 Å². The van der Waals surface area contributed by atoms with Crippen molar-refractivity contribution < 1.29 is 4.79 Å². The molecule has 1 saturated heterocycles. The lowest BCUT2D eigenvalue weighted by molar-refractivity contribution is 0.0679. The van der Waals surface area contributed by atoms with Gasteiger partial charge in [0.25, 0.3) is 5.91 Å². The van der Waals surface area contributed by atoms with Crippen LogP contribution in [0, 0.1) is 5.92 Å². The molecule has 6 nitrogen and oxygen atoms in total. The van der Waals surface area contributed by atoms with Gasteiger partial charge < -0.3 is 15.6 Å². The van der Waals surface area contributed by atoms with E-state index in [2.05, 4.69) is 15.0 Å². The van der Waals surface area contributed by atoms with Crippen LogP contribution in [0.3, 0.4) is 0 Å². The van der Waals surface area contributed by atoms with Gasteiger partial charge in [-0.05, 0) is 49.4 Å². The fourth-order valence-electron chi connectivity index (χ4n) is 3.44. The normalized spacial score (nSPS) is 15.6. The number of imidazole rings is 1. The highest BCUT2D eigenvalue weighted by molar-refractivity contribution is 5.94. The molecule has 1 fully saturated rings. The minimum Gasteiger partial charge on any atom is -0.397 e. The van der Waals surface area contributed by atoms with Gasteiger partial charge in [0.1, 0.15) is 0 Å². The fraction of sp³-hybridized carbons (Fsp3) is 0.316. The number of aromatic amines is 1. The van der Waals surface area contributed by atoms with Gasteiger partial charge in [0, 0.05) is 19.3 Å². The molecule has 1 amide bonds. The lowest BCUT2D eigenvalue weighted by Gasteiger charge is -2.31. The number of para-hydroxylation sites is 2. The van der Waals surface area contributed by atoms with Crippen LogP contribution >= 0.6 is 0 Å². The Labute approximate surface area is 146 Å². The summed E-state index contributed by atoms with van der Waals surface area (Å²) in [5, 5.41) is 0. The molecule has 0 atom stereocenters. The first-order valence-corrected chi connectivity index (χ1v) is 8.64. The maximum atomic E-state index is 12.7. The summed E-state index contributed by atoms with van der Waals surface area (Å²) in [5.41, 5.74) is 9.42. The number of rotatable bonds is 3. The summed E-state index contributed by atoms with van der Waals surface area (Å²) in [6.45, 7) is 1.49. The largest absolute Gasteiger partial charge is 0.397 e. The molecule has 0 unspecified atom stereocenters. The highest BCUT2D eigenvalue weighted by Gasteiger charge is 2.26. The number of H-pyrrole nitrogens is 1. The maximum absolute atomic E-state index is 12.7. The summed E-state index contributed by atoms with van der Waals surface area (Å²) in [4.78, 5) is 26.5. The second-order valence-corrected chi connectivity index (χ2v) is 6.58. The Hall–Kier alpha value is -2.89. The molecule has 1 aromatic carbocycles. The fourth-order valence-corrected chi connectivity index (χ4v) is 3.44. The van der Waals surface area contributed by atoms with Crippen molar-refractivity contribution in [1.29, 1.82) is 0 Å². The maximum Gasteiger partial charge on any atom is 0.289 e. The summed E-state index contributed by atoms with van der Waals surface area (Å²) in [7, 11) is 0. The number of amides is 1. The molecule has 1 aliphatic heterocycles. The number of nitrogens with zero attached hydrogens (tertiary/aromatic N) is 3. The number of benzene rings is 1. The molecule has 3 N–H and O–H groups in total. The molecule has 6 heteroatoms. The number of nitrogens with two attached hydrogens (primary N) is 1. The van der Waals surface area contributed by atoms with Gasteiger partial charge in [0.05, 0.1) is 22.4 Å². The highest BCUT2D eigenvalue weighted by Crippen LogP contribution is 2.24. The first-order valence-electron chi connectivity index (χ1n) is 8.64. The summed E-state index contributed by atoms with van der Waals surface area (Å²) in [6.07, 6.45) is 4.58. The van der Waals surface area contributed by atoms with Crippen molar-refractivity contribution in [3.8, 4) is 0 Å². The molecule has 0 radical (unpaired) electrons. The Morgan fingerprint density at radius 3 is 2.76 bits per heavy atom. The number of hydrogen-bond donors (Lipinski definition) is 2. The smallest absolute Gasteiger partial charge is 0.289 e. The Morgan fingerprint density at radius 1 is 1.20 bits per heavy atom. The van der Waals surface area contributed by atoms with Crippen molar-refractivity contribution in [1.82, 2.24) is 19.9 Å². The minimum atomic E-state index is -0.0213. The second-order valence-electron chi connectivity index (χ2n) is 6.58. The molecule has 3 aromatic rings. The van der Waals surface area contributed by atoms with Crippen LogP contribution in [0.2, 0.25) is 0 Å². The van der Waals surface area contributed by atoms with Gasteiger partial charge in [-0.2, -0.15) is 0 Å². The van der Waals surface area contributed by atoms with Crippen LogP contribution in [-0.2, 0) is 6.42 Å². The molecule has 1 aliphatic rings. The van der Waals surface area contributed by atoms with Crippen molar-refractivity contribution in [3.63, 3.8) is 0 Å². The first-order chi connectivity index (χ1) is 12.2. The molecular weight excluding hydrogens is 314 g/mol. The summed E-state index contributed by atoms with van der Waals surface area (Å²) in [6, 6.07) is 11.4. The predicted molar refractivity (Wildman–Crippen MR) is 97.1 cm³/mol. The molecular formula is C19H21N5O. The standard InChI is InChI=1S/C19H21N5O/c20-14-4-3-9-21-17(14)12-13-7-10-24(11-8-13)19(25)18-22-15-5-1-2-6-16(15)23-18/h1-6,9,13H,7-8,10-12,20H2,(H,22,23). The zero-order valence-electron chi connectivity index (χ0n) is 14.0. The SMILES string of the molecule is Nc1cccnc1CC1CCN(C(=O)c2nc3ccccc3[nH]2)CC1. The number of carbonyl (C=O) groups excluding carboxylic acids is 1. The third kappa shape index (κ3) is 3.20. The van der Waals surface area contributed by atoms with E-state index < -0.39 is 0 Å². The Balaban J connectivity index is 1.39. The van der Waals surface area contributed by atoms with Gasteiger partial charge in [-0.1, -0.05) is 12.1 Å². The average Bonchev–Trinajstić information content (AvgIpc) is 3.08. The molecule has 4 rings (SSSR count). The third-order valence-electron chi connectivity index (χ3n) is 4.90. The van der Waals surface area contributed by atoms with Gasteiger partial charge in [0.2, 0.25) is 0 Å². The van der Waals surface area contributed by atoms with Crippen molar-refractivity contribution in [3.05, 3.63) is 54.1 Å². The van der Waals surface area contributed by atoms with Crippen molar-refractivity contribution in [2.45, 2.75) is 19.3 Å². The van der Waals surface area contributed by atoms with Crippen LogP contribution in [-0.4, -0.2) is 38.8 Å². The van der Waals surface area contributed by atoms with Crippen LogP contribution in [0.4, 0.5) is 5.69 Å². The number of fused-ring (bicyclic) bond motifs is 1. The van der Waals surface area contributed by atoms with Gasteiger partial charge in [-0.15, -0.1) is 0 Å². The van der Waals surface area contributed by atoms with Gasteiger partial charge in [-0.3, -0.25) is 9.78 Å². The van der Waals surface area contributed by atoms with Crippen LogP contribution < -0.4 is 5.73 Å². The highest BCUT2D eigenvalue weighted by atomic mass is 16.2. The Bertz CT molecular complexity index is 862. The lowest BCUT2D eigenvalue weighted by atomic mass is 9.91. The van der Waals surface area contributed by atoms with E-state index in [1.165, 1.54) is 0 Å². The zero-order valence-corrected chi connectivity index (χ0v) is 14.0. The molecule has 0 spiro atoms. The van der Waals surface area contributed by atoms with Crippen LogP contribution in [0.5, 0.6) is 0 Å².